The van der Waals surface area contributed by atoms with E-state index < -0.39 is 17.8 Å². The number of carbonyl (C=O) groups is 1. The standard InChI is InChI=1S/C18H20F3N3O2/c1-10-8-22-14(11(2)16(10)26-5)9-24(4)17(25)13-6-7-15(18(19,20)21)23-12(13)3/h6-8H,9H2,1-5H3. The van der Waals surface area contributed by atoms with Gasteiger partial charge in [0.1, 0.15) is 11.4 Å². The van der Waals surface area contributed by atoms with Crippen LogP contribution in [-0.4, -0.2) is 34.9 Å². The molecule has 2 aromatic heterocycles. The van der Waals surface area contributed by atoms with E-state index >= 15 is 0 Å². The molecule has 0 fully saturated rings. The maximum absolute atomic E-state index is 12.7. The van der Waals surface area contributed by atoms with Gasteiger partial charge in [0.05, 0.1) is 30.6 Å². The van der Waals surface area contributed by atoms with Gasteiger partial charge >= 0.3 is 6.18 Å². The number of halogens is 3. The lowest BCUT2D eigenvalue weighted by Crippen LogP contribution is -2.28. The Hall–Kier alpha value is -2.64. The molecule has 140 valence electrons. The lowest BCUT2D eigenvalue weighted by Gasteiger charge is -2.20. The van der Waals surface area contributed by atoms with Gasteiger partial charge in [0.25, 0.3) is 5.91 Å². The average Bonchev–Trinajstić information content (AvgIpc) is 2.56. The van der Waals surface area contributed by atoms with E-state index in [1.807, 2.05) is 13.8 Å². The number of hydrogen-bond acceptors (Lipinski definition) is 4. The van der Waals surface area contributed by atoms with E-state index in [-0.39, 0.29) is 17.8 Å². The van der Waals surface area contributed by atoms with E-state index in [9.17, 15) is 18.0 Å². The van der Waals surface area contributed by atoms with Gasteiger partial charge in [-0.05, 0) is 32.9 Å². The van der Waals surface area contributed by atoms with Crippen molar-refractivity contribution < 1.29 is 22.7 Å². The van der Waals surface area contributed by atoms with E-state index in [4.69, 9.17) is 4.74 Å². The van der Waals surface area contributed by atoms with Crippen molar-refractivity contribution in [2.75, 3.05) is 14.2 Å². The fourth-order valence-electron chi connectivity index (χ4n) is 2.68. The van der Waals surface area contributed by atoms with Crippen LogP contribution in [0.1, 0.15) is 38.6 Å². The van der Waals surface area contributed by atoms with Crippen LogP contribution in [-0.2, 0) is 12.7 Å². The molecule has 0 N–H and O–H groups in total. The summed E-state index contributed by atoms with van der Waals surface area (Å²) in [5.41, 5.74) is 1.48. The lowest BCUT2D eigenvalue weighted by atomic mass is 10.1. The summed E-state index contributed by atoms with van der Waals surface area (Å²) in [6, 6.07) is 1.96. The van der Waals surface area contributed by atoms with E-state index in [0.29, 0.717) is 11.4 Å². The van der Waals surface area contributed by atoms with Gasteiger partial charge in [0, 0.05) is 24.4 Å². The van der Waals surface area contributed by atoms with E-state index in [2.05, 4.69) is 9.97 Å². The smallest absolute Gasteiger partial charge is 0.433 e. The quantitative estimate of drug-likeness (QED) is 0.827. The van der Waals surface area contributed by atoms with Crippen molar-refractivity contribution in [3.63, 3.8) is 0 Å². The largest absolute Gasteiger partial charge is 0.496 e. The van der Waals surface area contributed by atoms with E-state index in [1.54, 1.807) is 20.4 Å². The third kappa shape index (κ3) is 3.95. The molecule has 2 heterocycles. The zero-order valence-corrected chi connectivity index (χ0v) is 15.2. The SMILES string of the molecule is COc1c(C)cnc(CN(C)C(=O)c2ccc(C(F)(F)F)nc2C)c1C. The highest BCUT2D eigenvalue weighted by Gasteiger charge is 2.33. The Morgan fingerprint density at radius 2 is 1.88 bits per heavy atom. The molecule has 5 nitrogen and oxygen atoms in total. The van der Waals surface area contributed by atoms with Crippen LogP contribution in [0.2, 0.25) is 0 Å². The van der Waals surface area contributed by atoms with Crippen molar-refractivity contribution in [1.82, 2.24) is 14.9 Å². The van der Waals surface area contributed by atoms with Crippen molar-refractivity contribution in [1.29, 1.82) is 0 Å². The Morgan fingerprint density at radius 3 is 2.42 bits per heavy atom. The molecule has 0 saturated heterocycles. The zero-order valence-electron chi connectivity index (χ0n) is 15.2. The molecule has 0 unspecified atom stereocenters. The van der Waals surface area contributed by atoms with Crippen molar-refractivity contribution in [3.8, 4) is 5.75 Å². The summed E-state index contributed by atoms with van der Waals surface area (Å²) in [5, 5.41) is 0. The van der Waals surface area contributed by atoms with Crippen LogP contribution in [0.4, 0.5) is 13.2 Å². The normalized spacial score (nSPS) is 11.4. The van der Waals surface area contributed by atoms with Crippen LogP contribution < -0.4 is 4.74 Å². The number of aromatic nitrogens is 2. The number of amides is 1. The minimum Gasteiger partial charge on any atom is -0.496 e. The number of methoxy groups -OCH3 is 1. The number of nitrogens with zero attached hydrogens (tertiary/aromatic N) is 3. The monoisotopic (exact) mass is 367 g/mol. The highest BCUT2D eigenvalue weighted by Crippen LogP contribution is 2.29. The van der Waals surface area contributed by atoms with Gasteiger partial charge in [0.2, 0.25) is 0 Å². The Labute approximate surface area is 149 Å². The van der Waals surface area contributed by atoms with Gasteiger partial charge in [-0.25, -0.2) is 4.98 Å². The van der Waals surface area contributed by atoms with Crippen molar-refractivity contribution in [3.05, 3.63) is 52.1 Å². The second-order valence-electron chi connectivity index (χ2n) is 6.03. The van der Waals surface area contributed by atoms with Crippen LogP contribution in [0.3, 0.4) is 0 Å². The maximum Gasteiger partial charge on any atom is 0.433 e. The van der Waals surface area contributed by atoms with Crippen molar-refractivity contribution in [2.45, 2.75) is 33.5 Å². The maximum atomic E-state index is 12.7. The van der Waals surface area contributed by atoms with Gasteiger partial charge in [-0.1, -0.05) is 0 Å². The molecular weight excluding hydrogens is 347 g/mol. The molecule has 2 rings (SSSR count). The summed E-state index contributed by atoms with van der Waals surface area (Å²) in [5.74, 6) is 0.271. The third-order valence-corrected chi connectivity index (χ3v) is 4.09. The predicted molar refractivity (Wildman–Crippen MR) is 90.0 cm³/mol. The lowest BCUT2D eigenvalue weighted by molar-refractivity contribution is -0.141. The first-order valence-electron chi connectivity index (χ1n) is 7.85. The number of ether oxygens (including phenoxy) is 1. The molecule has 8 heteroatoms. The zero-order chi connectivity index (χ0) is 19.6. The predicted octanol–water partition coefficient (Wildman–Crippen LogP) is 3.70. The molecule has 0 atom stereocenters. The van der Waals surface area contributed by atoms with Crippen LogP contribution in [0.15, 0.2) is 18.3 Å². The van der Waals surface area contributed by atoms with Gasteiger partial charge in [0.15, 0.2) is 0 Å². The third-order valence-electron chi connectivity index (χ3n) is 4.09. The van der Waals surface area contributed by atoms with Crippen LogP contribution >= 0.6 is 0 Å². The molecule has 0 aliphatic rings. The minimum atomic E-state index is -4.54. The number of pyridine rings is 2. The first kappa shape index (κ1) is 19.7. The van der Waals surface area contributed by atoms with Crippen molar-refractivity contribution in [2.24, 2.45) is 0 Å². The average molecular weight is 367 g/mol. The van der Waals surface area contributed by atoms with Crippen LogP contribution in [0.5, 0.6) is 5.75 Å². The summed E-state index contributed by atoms with van der Waals surface area (Å²) in [4.78, 5) is 21.8. The van der Waals surface area contributed by atoms with Gasteiger partial charge in [-0.15, -0.1) is 0 Å². The molecule has 0 radical (unpaired) electrons. The number of hydrogen-bond donors (Lipinski definition) is 0. The summed E-state index contributed by atoms with van der Waals surface area (Å²) >= 11 is 0. The Morgan fingerprint density at radius 1 is 1.23 bits per heavy atom. The molecule has 0 bridgehead atoms. The Bertz CT molecular complexity index is 835. The number of alkyl halides is 3. The molecule has 0 aromatic carbocycles. The first-order chi connectivity index (χ1) is 12.1. The fraction of sp³-hybridized carbons (Fsp3) is 0.389. The molecular formula is C18H20F3N3O2. The Kier molecular flexibility index (Phi) is 5.53. The summed E-state index contributed by atoms with van der Waals surface area (Å²) in [7, 11) is 3.12. The van der Waals surface area contributed by atoms with Crippen LogP contribution in [0, 0.1) is 20.8 Å². The molecule has 2 aromatic rings. The molecule has 0 aliphatic heterocycles. The van der Waals surface area contributed by atoms with Crippen LogP contribution in [0.25, 0.3) is 0 Å². The van der Waals surface area contributed by atoms with Crippen molar-refractivity contribution >= 4 is 5.91 Å². The topological polar surface area (TPSA) is 55.3 Å². The molecule has 0 saturated carbocycles. The number of rotatable bonds is 4. The molecule has 0 spiro atoms. The minimum absolute atomic E-state index is 0.0304. The highest BCUT2D eigenvalue weighted by atomic mass is 19.4. The molecule has 26 heavy (non-hydrogen) atoms. The second kappa shape index (κ2) is 7.31. The second-order valence-corrected chi connectivity index (χ2v) is 6.03. The molecule has 0 aliphatic carbocycles. The summed E-state index contributed by atoms with van der Waals surface area (Å²) in [6.45, 7) is 5.29. The summed E-state index contributed by atoms with van der Waals surface area (Å²) in [6.07, 6.45) is -2.89. The molecule has 1 amide bonds. The summed E-state index contributed by atoms with van der Waals surface area (Å²) < 4.78 is 43.5. The van der Waals surface area contributed by atoms with Gasteiger partial charge < -0.3 is 9.64 Å². The fourth-order valence-corrected chi connectivity index (χ4v) is 2.68. The van der Waals surface area contributed by atoms with Gasteiger partial charge in [-0.3, -0.25) is 9.78 Å². The van der Waals surface area contributed by atoms with E-state index in [1.165, 1.54) is 11.8 Å². The number of aryl methyl sites for hydroxylation is 2. The Balaban J connectivity index is 2.26. The van der Waals surface area contributed by atoms with E-state index in [0.717, 1.165) is 23.3 Å². The number of carbonyl (C=O) groups excluding carboxylic acids is 1. The first-order valence-corrected chi connectivity index (χ1v) is 7.85. The van der Waals surface area contributed by atoms with Gasteiger partial charge in [-0.2, -0.15) is 13.2 Å². The highest BCUT2D eigenvalue weighted by molar-refractivity contribution is 5.95.